The number of fused-ring (bicyclic) bond motifs is 1. The first kappa shape index (κ1) is 24.1. The van der Waals surface area contributed by atoms with Gasteiger partial charge in [-0.15, -0.1) is 0 Å². The van der Waals surface area contributed by atoms with Crippen LogP contribution in [0.2, 0.25) is 0 Å². The highest BCUT2D eigenvalue weighted by molar-refractivity contribution is 5.78. The Balaban J connectivity index is 1.31. The molecular formula is C30H36N2O3. The summed E-state index contributed by atoms with van der Waals surface area (Å²) in [5.41, 5.74) is 2.31. The lowest BCUT2D eigenvalue weighted by atomic mass is 9.74. The molecule has 35 heavy (non-hydrogen) atoms. The first-order valence-corrected chi connectivity index (χ1v) is 13.1. The monoisotopic (exact) mass is 472 g/mol. The highest BCUT2D eigenvalue weighted by Gasteiger charge is 2.49. The molecule has 3 fully saturated rings. The summed E-state index contributed by atoms with van der Waals surface area (Å²) < 4.78 is 0. The maximum atomic E-state index is 13.2. The van der Waals surface area contributed by atoms with Gasteiger partial charge in [0.25, 0.3) is 0 Å². The van der Waals surface area contributed by atoms with Gasteiger partial charge in [0.1, 0.15) is 5.60 Å². The third kappa shape index (κ3) is 5.30. The molecule has 3 aliphatic rings. The number of carbonyl (C=O) groups is 1. The van der Waals surface area contributed by atoms with Crippen molar-refractivity contribution < 1.29 is 15.0 Å². The van der Waals surface area contributed by atoms with Gasteiger partial charge in [-0.1, -0.05) is 54.3 Å². The Labute approximate surface area is 208 Å². The van der Waals surface area contributed by atoms with E-state index >= 15 is 0 Å². The number of aliphatic hydroxyl groups excluding tert-OH is 1. The van der Waals surface area contributed by atoms with Gasteiger partial charge in [-0.25, -0.2) is 0 Å². The lowest BCUT2D eigenvalue weighted by molar-refractivity contribution is -0.135. The maximum absolute atomic E-state index is 13.2. The van der Waals surface area contributed by atoms with E-state index in [4.69, 9.17) is 0 Å². The molecular weight excluding hydrogens is 436 g/mol. The summed E-state index contributed by atoms with van der Waals surface area (Å²) in [5.74, 6) is 6.61. The van der Waals surface area contributed by atoms with Crippen LogP contribution < -0.4 is 0 Å². The van der Waals surface area contributed by atoms with Crippen molar-refractivity contribution in [1.29, 1.82) is 0 Å². The van der Waals surface area contributed by atoms with Crippen LogP contribution in [-0.4, -0.2) is 69.8 Å². The molecule has 2 aromatic carbocycles. The quantitative estimate of drug-likeness (QED) is 0.670. The van der Waals surface area contributed by atoms with E-state index < -0.39 is 5.60 Å². The van der Waals surface area contributed by atoms with Gasteiger partial charge < -0.3 is 15.1 Å². The van der Waals surface area contributed by atoms with E-state index in [9.17, 15) is 15.0 Å². The Hall–Kier alpha value is -2.65. The minimum absolute atomic E-state index is 0.0836. The van der Waals surface area contributed by atoms with E-state index in [1.165, 1.54) is 5.56 Å². The van der Waals surface area contributed by atoms with E-state index in [1.807, 2.05) is 47.4 Å². The predicted octanol–water partition coefficient (Wildman–Crippen LogP) is 3.34. The first-order valence-electron chi connectivity index (χ1n) is 13.1. The van der Waals surface area contributed by atoms with Crippen LogP contribution in [0.25, 0.3) is 0 Å². The normalized spacial score (nSPS) is 26.0. The Morgan fingerprint density at radius 1 is 0.971 bits per heavy atom. The number of nitrogens with zero attached hydrogens (tertiary/aromatic N) is 2. The maximum Gasteiger partial charge on any atom is 0.227 e. The second-order valence-electron chi connectivity index (χ2n) is 10.4. The van der Waals surface area contributed by atoms with Gasteiger partial charge in [-0.2, -0.15) is 0 Å². The van der Waals surface area contributed by atoms with Crippen LogP contribution >= 0.6 is 0 Å². The third-order valence-corrected chi connectivity index (χ3v) is 8.09. The van der Waals surface area contributed by atoms with E-state index in [2.05, 4.69) is 28.9 Å². The molecule has 0 spiro atoms. The molecule has 5 rings (SSSR count). The Kier molecular flexibility index (Phi) is 7.24. The fourth-order valence-electron chi connectivity index (χ4n) is 6.11. The van der Waals surface area contributed by atoms with E-state index in [1.54, 1.807) is 0 Å². The van der Waals surface area contributed by atoms with Crippen LogP contribution in [0.3, 0.4) is 0 Å². The fourth-order valence-corrected chi connectivity index (χ4v) is 6.11. The first-order chi connectivity index (χ1) is 17.1. The summed E-state index contributed by atoms with van der Waals surface area (Å²) in [4.78, 5) is 17.6. The summed E-state index contributed by atoms with van der Waals surface area (Å²) in [5, 5.41) is 20.7. The van der Waals surface area contributed by atoms with Crippen molar-refractivity contribution in [2.75, 3.05) is 26.2 Å². The van der Waals surface area contributed by atoms with E-state index in [0.717, 1.165) is 62.7 Å². The van der Waals surface area contributed by atoms with Crippen LogP contribution in [-0.2, 0) is 11.2 Å². The fraction of sp³-hybridized carbons (Fsp3) is 0.500. The third-order valence-electron chi connectivity index (χ3n) is 8.09. The average Bonchev–Trinajstić information content (AvgIpc) is 3.30. The summed E-state index contributed by atoms with van der Waals surface area (Å²) >= 11 is 0. The zero-order valence-electron chi connectivity index (χ0n) is 20.4. The number of rotatable bonds is 4. The molecule has 2 heterocycles. The largest absolute Gasteiger partial charge is 0.395 e. The van der Waals surface area contributed by atoms with Crippen LogP contribution in [0.1, 0.15) is 61.1 Å². The number of amides is 1. The SMILES string of the molecule is O=C(Cc1ccccc1)N1CCCCN2[C@@H](CO)[C@H](c3ccc(C#CC4(O)CCCC4)cc3)[C@@H]2C1. The molecule has 0 unspecified atom stereocenters. The number of hydrogen-bond donors (Lipinski definition) is 2. The lowest BCUT2D eigenvalue weighted by Gasteiger charge is -2.57. The number of aliphatic hydroxyl groups is 2. The zero-order chi connectivity index (χ0) is 24.3. The molecule has 5 nitrogen and oxygen atoms in total. The highest BCUT2D eigenvalue weighted by Crippen LogP contribution is 2.42. The highest BCUT2D eigenvalue weighted by atomic mass is 16.3. The van der Waals surface area contributed by atoms with Gasteiger partial charge >= 0.3 is 0 Å². The summed E-state index contributed by atoms with van der Waals surface area (Å²) in [6.45, 7) is 2.58. The molecule has 1 amide bonds. The van der Waals surface area contributed by atoms with Gasteiger partial charge in [0.05, 0.1) is 13.0 Å². The number of benzene rings is 2. The average molecular weight is 473 g/mol. The summed E-state index contributed by atoms with van der Waals surface area (Å²) in [7, 11) is 0. The van der Waals surface area contributed by atoms with Crippen LogP contribution in [0, 0.1) is 11.8 Å². The molecule has 2 N–H and O–H groups in total. The smallest absolute Gasteiger partial charge is 0.227 e. The molecule has 2 aromatic rings. The van der Waals surface area contributed by atoms with E-state index in [0.29, 0.717) is 13.0 Å². The molecule has 184 valence electrons. The molecule has 1 saturated carbocycles. The summed E-state index contributed by atoms with van der Waals surface area (Å²) in [6.07, 6.45) is 6.05. The van der Waals surface area contributed by atoms with Gasteiger partial charge in [0, 0.05) is 36.7 Å². The van der Waals surface area contributed by atoms with Crippen molar-refractivity contribution in [1.82, 2.24) is 9.80 Å². The Morgan fingerprint density at radius 2 is 1.69 bits per heavy atom. The van der Waals surface area contributed by atoms with Gasteiger partial charge in [0.15, 0.2) is 0 Å². The molecule has 2 aliphatic heterocycles. The second-order valence-corrected chi connectivity index (χ2v) is 10.4. The lowest BCUT2D eigenvalue weighted by Crippen LogP contribution is -2.68. The summed E-state index contributed by atoms with van der Waals surface area (Å²) in [6, 6.07) is 18.5. The Bertz CT molecular complexity index is 1070. The standard InChI is InChI=1S/C30H36N2O3/c33-22-27-29(25-12-10-23(11-13-25)14-17-30(35)15-4-5-16-30)26-21-31(18-6-7-19-32(26)27)28(34)20-24-8-2-1-3-9-24/h1-3,8-13,26-27,29,33,35H,4-7,15-16,18-22H2/t26-,27-,29+/m0/s1. The van der Waals surface area contributed by atoms with Crippen molar-refractivity contribution in [2.24, 2.45) is 0 Å². The van der Waals surface area contributed by atoms with Crippen LogP contribution in [0.15, 0.2) is 54.6 Å². The van der Waals surface area contributed by atoms with Crippen molar-refractivity contribution in [3.05, 3.63) is 71.3 Å². The minimum atomic E-state index is -0.830. The molecule has 0 aromatic heterocycles. The second kappa shape index (κ2) is 10.5. The van der Waals surface area contributed by atoms with Crippen LogP contribution in [0.5, 0.6) is 0 Å². The van der Waals surface area contributed by atoms with Crippen molar-refractivity contribution in [3.8, 4) is 11.8 Å². The van der Waals surface area contributed by atoms with Crippen molar-refractivity contribution in [2.45, 2.75) is 68.5 Å². The zero-order valence-corrected chi connectivity index (χ0v) is 20.4. The molecule has 2 saturated heterocycles. The number of hydrogen-bond acceptors (Lipinski definition) is 4. The van der Waals surface area contributed by atoms with Crippen molar-refractivity contribution >= 4 is 5.91 Å². The molecule has 0 bridgehead atoms. The Morgan fingerprint density at radius 3 is 2.40 bits per heavy atom. The minimum Gasteiger partial charge on any atom is -0.395 e. The van der Waals surface area contributed by atoms with E-state index in [-0.39, 0.29) is 30.5 Å². The molecule has 0 radical (unpaired) electrons. The molecule has 1 aliphatic carbocycles. The molecule has 3 atom stereocenters. The van der Waals surface area contributed by atoms with Gasteiger partial charge in [-0.3, -0.25) is 9.69 Å². The number of carbonyl (C=O) groups excluding carboxylic acids is 1. The molecule has 5 heteroatoms. The topological polar surface area (TPSA) is 64.0 Å². The predicted molar refractivity (Wildman–Crippen MR) is 137 cm³/mol. The van der Waals surface area contributed by atoms with Gasteiger partial charge in [0.2, 0.25) is 5.91 Å². The van der Waals surface area contributed by atoms with Gasteiger partial charge in [-0.05, 0) is 68.3 Å². The van der Waals surface area contributed by atoms with Crippen molar-refractivity contribution in [3.63, 3.8) is 0 Å². The van der Waals surface area contributed by atoms with Crippen LogP contribution in [0.4, 0.5) is 0 Å².